The third kappa shape index (κ3) is 5.85. The fraction of sp³-hybridized carbons (Fsp3) is 0.500. The summed E-state index contributed by atoms with van der Waals surface area (Å²) in [6.07, 6.45) is 2.25. The minimum absolute atomic E-state index is 0.0827. The van der Waals surface area contributed by atoms with E-state index in [0.29, 0.717) is 12.1 Å². The molecule has 5 heteroatoms. The predicted molar refractivity (Wildman–Crippen MR) is 83.5 cm³/mol. The van der Waals surface area contributed by atoms with Gasteiger partial charge in [0, 0.05) is 17.6 Å². The minimum Gasteiger partial charge on any atom is -0.481 e. The predicted octanol–water partition coefficient (Wildman–Crippen LogP) is 3.40. The molecule has 0 unspecified atom stereocenters. The maximum Gasteiger partial charge on any atom is 0.319 e. The standard InChI is InChI=1S/C16H24N2O3/c1-4-16(3,5-2)18-15(21)17-13-8-6-7-12(11-13)9-10-14(19)20/h6-8,11H,4-5,9-10H2,1-3H3,(H,19,20)(H2,17,18,21). The van der Waals surface area contributed by atoms with Gasteiger partial charge in [0.15, 0.2) is 0 Å². The number of hydrogen-bond donors (Lipinski definition) is 3. The van der Waals surface area contributed by atoms with E-state index in [1.165, 1.54) is 0 Å². The molecule has 3 N–H and O–H groups in total. The van der Waals surface area contributed by atoms with Gasteiger partial charge in [-0.2, -0.15) is 0 Å². The molecule has 21 heavy (non-hydrogen) atoms. The molecular weight excluding hydrogens is 268 g/mol. The van der Waals surface area contributed by atoms with E-state index >= 15 is 0 Å². The van der Waals surface area contributed by atoms with Crippen LogP contribution in [0.5, 0.6) is 0 Å². The first kappa shape index (κ1) is 17.0. The number of urea groups is 1. The molecule has 1 rings (SSSR count). The van der Waals surface area contributed by atoms with Gasteiger partial charge in [-0.3, -0.25) is 4.79 Å². The number of carboxylic acids is 1. The molecule has 0 atom stereocenters. The number of benzene rings is 1. The Morgan fingerprint density at radius 3 is 2.48 bits per heavy atom. The van der Waals surface area contributed by atoms with Crippen LogP contribution < -0.4 is 10.6 Å². The lowest BCUT2D eigenvalue weighted by Crippen LogP contribution is -2.46. The molecule has 0 saturated carbocycles. The van der Waals surface area contributed by atoms with Crippen molar-refractivity contribution in [3.8, 4) is 0 Å². The number of amides is 2. The lowest BCUT2D eigenvalue weighted by atomic mass is 9.96. The Hall–Kier alpha value is -2.04. The van der Waals surface area contributed by atoms with Crippen molar-refractivity contribution < 1.29 is 14.7 Å². The lowest BCUT2D eigenvalue weighted by molar-refractivity contribution is -0.136. The van der Waals surface area contributed by atoms with Crippen molar-refractivity contribution >= 4 is 17.7 Å². The normalized spacial score (nSPS) is 11.0. The van der Waals surface area contributed by atoms with E-state index in [4.69, 9.17) is 5.11 Å². The third-order valence-corrected chi connectivity index (χ3v) is 3.79. The van der Waals surface area contributed by atoms with Crippen LogP contribution in [0.2, 0.25) is 0 Å². The summed E-state index contributed by atoms with van der Waals surface area (Å²) in [6.45, 7) is 6.09. The summed E-state index contributed by atoms with van der Waals surface area (Å²) in [7, 11) is 0. The molecule has 0 radical (unpaired) electrons. The number of nitrogens with one attached hydrogen (secondary N) is 2. The molecule has 2 amide bonds. The number of hydrogen-bond acceptors (Lipinski definition) is 2. The summed E-state index contributed by atoms with van der Waals surface area (Å²) >= 11 is 0. The van der Waals surface area contributed by atoms with Gasteiger partial charge in [0.2, 0.25) is 0 Å². The van der Waals surface area contributed by atoms with Crippen LogP contribution in [0.4, 0.5) is 10.5 Å². The molecule has 0 bridgehead atoms. The minimum atomic E-state index is -0.826. The third-order valence-electron chi connectivity index (χ3n) is 3.79. The Morgan fingerprint density at radius 1 is 1.24 bits per heavy atom. The zero-order valence-corrected chi connectivity index (χ0v) is 12.9. The van der Waals surface area contributed by atoms with Crippen LogP contribution in [0.15, 0.2) is 24.3 Å². The van der Waals surface area contributed by atoms with E-state index in [1.54, 1.807) is 12.1 Å². The van der Waals surface area contributed by atoms with Crippen molar-refractivity contribution in [2.75, 3.05) is 5.32 Å². The molecule has 0 spiro atoms. The highest BCUT2D eigenvalue weighted by molar-refractivity contribution is 5.89. The molecule has 0 fully saturated rings. The van der Waals surface area contributed by atoms with Gasteiger partial charge in [-0.15, -0.1) is 0 Å². The smallest absolute Gasteiger partial charge is 0.319 e. The Balaban J connectivity index is 2.64. The Morgan fingerprint density at radius 2 is 1.90 bits per heavy atom. The first-order valence-electron chi connectivity index (χ1n) is 7.28. The van der Waals surface area contributed by atoms with Crippen molar-refractivity contribution in [3.05, 3.63) is 29.8 Å². The SMILES string of the molecule is CCC(C)(CC)NC(=O)Nc1cccc(CCC(=O)O)c1. The molecule has 1 aromatic carbocycles. The fourth-order valence-electron chi connectivity index (χ4n) is 1.92. The quantitative estimate of drug-likeness (QED) is 0.720. The molecular formula is C16H24N2O3. The van der Waals surface area contributed by atoms with Crippen LogP contribution >= 0.6 is 0 Å². The number of anilines is 1. The van der Waals surface area contributed by atoms with Crippen LogP contribution in [0.25, 0.3) is 0 Å². The van der Waals surface area contributed by atoms with Gasteiger partial charge in [-0.1, -0.05) is 26.0 Å². The summed E-state index contributed by atoms with van der Waals surface area (Å²) in [5, 5.41) is 14.5. The van der Waals surface area contributed by atoms with Gasteiger partial charge in [0.05, 0.1) is 0 Å². The zero-order chi connectivity index (χ0) is 15.9. The highest BCUT2D eigenvalue weighted by atomic mass is 16.4. The van der Waals surface area contributed by atoms with E-state index < -0.39 is 5.97 Å². The topological polar surface area (TPSA) is 78.4 Å². The fourth-order valence-corrected chi connectivity index (χ4v) is 1.92. The van der Waals surface area contributed by atoms with Gasteiger partial charge in [-0.05, 0) is 43.9 Å². The van der Waals surface area contributed by atoms with Crippen LogP contribution in [0, 0.1) is 0 Å². The molecule has 0 heterocycles. The maximum atomic E-state index is 12.0. The maximum absolute atomic E-state index is 12.0. The highest BCUT2D eigenvalue weighted by Crippen LogP contribution is 2.15. The van der Waals surface area contributed by atoms with E-state index in [0.717, 1.165) is 18.4 Å². The second kappa shape index (κ2) is 7.67. The van der Waals surface area contributed by atoms with Gasteiger partial charge in [-0.25, -0.2) is 4.79 Å². The van der Waals surface area contributed by atoms with Crippen molar-refractivity contribution in [3.63, 3.8) is 0 Å². The number of rotatable bonds is 7. The monoisotopic (exact) mass is 292 g/mol. The number of aryl methyl sites for hydroxylation is 1. The second-order valence-corrected chi connectivity index (χ2v) is 5.44. The van der Waals surface area contributed by atoms with Gasteiger partial charge < -0.3 is 15.7 Å². The molecule has 0 aliphatic rings. The van der Waals surface area contributed by atoms with Crippen molar-refractivity contribution in [1.29, 1.82) is 0 Å². The number of carbonyl (C=O) groups excluding carboxylic acids is 1. The highest BCUT2D eigenvalue weighted by Gasteiger charge is 2.21. The molecule has 5 nitrogen and oxygen atoms in total. The summed E-state index contributed by atoms with van der Waals surface area (Å²) in [5.74, 6) is -0.826. The molecule has 0 saturated heterocycles. The van der Waals surface area contributed by atoms with Gasteiger partial charge in [0.1, 0.15) is 0 Å². The average molecular weight is 292 g/mol. The summed E-state index contributed by atoms with van der Waals surface area (Å²) in [4.78, 5) is 22.6. The Bertz CT molecular complexity index is 496. The molecule has 1 aromatic rings. The average Bonchev–Trinajstić information content (AvgIpc) is 2.45. The van der Waals surface area contributed by atoms with E-state index in [2.05, 4.69) is 10.6 Å². The second-order valence-electron chi connectivity index (χ2n) is 5.44. The molecule has 116 valence electrons. The summed E-state index contributed by atoms with van der Waals surface area (Å²) < 4.78 is 0. The van der Waals surface area contributed by atoms with Crippen molar-refractivity contribution in [2.24, 2.45) is 0 Å². The van der Waals surface area contributed by atoms with Crippen molar-refractivity contribution in [2.45, 2.75) is 52.0 Å². The van der Waals surface area contributed by atoms with Crippen molar-refractivity contribution in [1.82, 2.24) is 5.32 Å². The zero-order valence-electron chi connectivity index (χ0n) is 12.9. The number of aliphatic carboxylic acids is 1. The molecule has 0 aromatic heterocycles. The molecule has 0 aliphatic carbocycles. The summed E-state index contributed by atoms with van der Waals surface area (Å²) in [5.41, 5.74) is 1.35. The van der Waals surface area contributed by atoms with E-state index in [-0.39, 0.29) is 18.0 Å². The van der Waals surface area contributed by atoms with Crippen LogP contribution in [0.3, 0.4) is 0 Å². The first-order valence-corrected chi connectivity index (χ1v) is 7.28. The van der Waals surface area contributed by atoms with E-state index in [1.807, 2.05) is 32.9 Å². The number of carbonyl (C=O) groups is 2. The Kier molecular flexibility index (Phi) is 6.21. The Labute approximate surface area is 125 Å². The lowest BCUT2D eigenvalue weighted by Gasteiger charge is -2.28. The van der Waals surface area contributed by atoms with Crippen LogP contribution in [0.1, 0.15) is 45.6 Å². The van der Waals surface area contributed by atoms with Gasteiger partial charge in [0.25, 0.3) is 0 Å². The van der Waals surface area contributed by atoms with Crippen LogP contribution in [-0.2, 0) is 11.2 Å². The van der Waals surface area contributed by atoms with Gasteiger partial charge >= 0.3 is 12.0 Å². The first-order chi connectivity index (χ1) is 9.88. The van der Waals surface area contributed by atoms with E-state index in [9.17, 15) is 9.59 Å². The summed E-state index contributed by atoms with van der Waals surface area (Å²) in [6, 6.07) is 7.02. The molecule has 0 aliphatic heterocycles. The van der Waals surface area contributed by atoms with Crippen LogP contribution in [-0.4, -0.2) is 22.6 Å². The number of carboxylic acid groups (broad SMARTS) is 1. The largest absolute Gasteiger partial charge is 0.481 e.